The Kier molecular flexibility index (Phi) is 4.55. The van der Waals surface area contributed by atoms with E-state index < -0.39 is 5.60 Å². The predicted molar refractivity (Wildman–Crippen MR) is 102 cm³/mol. The molecule has 4 heteroatoms. The molecule has 0 unspecified atom stereocenters. The van der Waals surface area contributed by atoms with Crippen molar-refractivity contribution in [2.45, 2.75) is 71.3 Å². The van der Waals surface area contributed by atoms with Crippen LogP contribution in [0.1, 0.15) is 81.8 Å². The molecule has 0 bridgehead atoms. The van der Waals surface area contributed by atoms with Crippen molar-refractivity contribution in [3.63, 3.8) is 0 Å². The molecule has 0 aliphatic heterocycles. The molecule has 0 heterocycles. The average molecular weight is 357 g/mol. The van der Waals surface area contributed by atoms with Crippen LogP contribution < -0.4 is 5.32 Å². The van der Waals surface area contributed by atoms with Crippen LogP contribution in [-0.4, -0.2) is 23.3 Å². The van der Waals surface area contributed by atoms with Crippen LogP contribution in [0.25, 0.3) is 0 Å². The summed E-state index contributed by atoms with van der Waals surface area (Å²) in [5.41, 5.74) is 1.55. The van der Waals surface area contributed by atoms with Gasteiger partial charge in [0, 0.05) is 25.5 Å². The summed E-state index contributed by atoms with van der Waals surface area (Å²) in [7, 11) is 0. The van der Waals surface area contributed by atoms with Crippen molar-refractivity contribution in [3.8, 4) is 0 Å². The number of amides is 1. The third-order valence-corrected chi connectivity index (χ3v) is 6.83. The number of Topliss-reactive ketones (excluding diaryl/α,β-unsaturated/α-hetero) is 1. The van der Waals surface area contributed by atoms with E-state index in [-0.39, 0.29) is 28.4 Å². The van der Waals surface area contributed by atoms with E-state index in [1.165, 1.54) is 0 Å². The number of hydrogen-bond acceptors (Lipinski definition) is 3. The molecule has 2 aliphatic rings. The summed E-state index contributed by atoms with van der Waals surface area (Å²) in [6, 6.07) is 5.90. The third kappa shape index (κ3) is 3.09. The highest BCUT2D eigenvalue weighted by Crippen LogP contribution is 2.57. The molecule has 0 saturated heterocycles. The minimum atomic E-state index is -0.959. The normalized spacial score (nSPS) is 31.2. The van der Waals surface area contributed by atoms with Gasteiger partial charge < -0.3 is 10.4 Å². The van der Waals surface area contributed by atoms with E-state index in [9.17, 15) is 14.7 Å². The van der Waals surface area contributed by atoms with Crippen molar-refractivity contribution in [1.82, 2.24) is 5.32 Å². The fourth-order valence-corrected chi connectivity index (χ4v) is 5.26. The van der Waals surface area contributed by atoms with Crippen LogP contribution in [0.3, 0.4) is 0 Å². The van der Waals surface area contributed by atoms with E-state index in [0.717, 1.165) is 36.0 Å². The highest BCUT2D eigenvalue weighted by atomic mass is 16.3. The Balaban J connectivity index is 2.05. The van der Waals surface area contributed by atoms with Crippen LogP contribution in [0, 0.1) is 11.3 Å². The number of benzene rings is 1. The number of carbonyl (C=O) groups is 2. The van der Waals surface area contributed by atoms with Gasteiger partial charge in [-0.25, -0.2) is 0 Å². The van der Waals surface area contributed by atoms with Crippen molar-refractivity contribution >= 4 is 11.7 Å². The van der Waals surface area contributed by atoms with Gasteiger partial charge in [0.15, 0.2) is 5.78 Å². The molecule has 1 saturated carbocycles. The molecule has 0 spiro atoms. The molecule has 1 amide bonds. The minimum Gasteiger partial charge on any atom is -0.386 e. The van der Waals surface area contributed by atoms with E-state index in [2.05, 4.69) is 25.2 Å². The Bertz CT molecular complexity index is 748. The summed E-state index contributed by atoms with van der Waals surface area (Å²) in [6.45, 7) is 10.2. The topological polar surface area (TPSA) is 66.4 Å². The molecule has 2 N–H and O–H groups in total. The SMILES string of the molecule is CC(=O)NC[C@]1(C)CCC[C@]2(C)c3ccc(C(C)(C)O)cc3C(=O)C[C@@H]12. The van der Waals surface area contributed by atoms with Crippen molar-refractivity contribution < 1.29 is 14.7 Å². The summed E-state index contributed by atoms with van der Waals surface area (Å²) in [5, 5.41) is 13.3. The van der Waals surface area contributed by atoms with Crippen LogP contribution in [-0.2, 0) is 15.8 Å². The van der Waals surface area contributed by atoms with E-state index >= 15 is 0 Å². The number of hydrogen-bond donors (Lipinski definition) is 2. The first-order chi connectivity index (χ1) is 12.0. The number of ketones is 1. The molecular formula is C22H31NO3. The average Bonchev–Trinajstić information content (AvgIpc) is 2.54. The molecular weight excluding hydrogens is 326 g/mol. The highest BCUT2D eigenvalue weighted by molar-refractivity contribution is 5.99. The second-order valence-electron chi connectivity index (χ2n) is 9.33. The number of aliphatic hydroxyl groups is 1. The molecule has 26 heavy (non-hydrogen) atoms. The second-order valence-corrected chi connectivity index (χ2v) is 9.33. The van der Waals surface area contributed by atoms with Crippen molar-refractivity contribution in [1.29, 1.82) is 0 Å². The Labute approximate surface area is 156 Å². The van der Waals surface area contributed by atoms with Crippen molar-refractivity contribution in [2.24, 2.45) is 11.3 Å². The lowest BCUT2D eigenvalue weighted by Crippen LogP contribution is -2.54. The monoisotopic (exact) mass is 357 g/mol. The summed E-state index contributed by atoms with van der Waals surface area (Å²) < 4.78 is 0. The first-order valence-corrected chi connectivity index (χ1v) is 9.62. The number of carbonyl (C=O) groups excluding carboxylic acids is 2. The first kappa shape index (κ1) is 19.1. The Hall–Kier alpha value is -1.68. The van der Waals surface area contributed by atoms with E-state index in [1.54, 1.807) is 20.8 Å². The molecule has 0 radical (unpaired) electrons. The highest BCUT2D eigenvalue weighted by Gasteiger charge is 2.53. The molecule has 3 rings (SSSR count). The maximum Gasteiger partial charge on any atom is 0.216 e. The third-order valence-electron chi connectivity index (χ3n) is 6.83. The van der Waals surface area contributed by atoms with Crippen molar-refractivity contribution in [3.05, 3.63) is 34.9 Å². The largest absolute Gasteiger partial charge is 0.386 e. The van der Waals surface area contributed by atoms with E-state index in [1.807, 2.05) is 12.1 Å². The molecule has 1 aromatic carbocycles. The predicted octanol–water partition coefficient (Wildman–Crippen LogP) is 3.70. The van der Waals surface area contributed by atoms with Gasteiger partial charge in [0.2, 0.25) is 5.91 Å². The van der Waals surface area contributed by atoms with Gasteiger partial charge >= 0.3 is 0 Å². The summed E-state index contributed by atoms with van der Waals surface area (Å²) >= 11 is 0. The second kappa shape index (κ2) is 6.19. The van der Waals surface area contributed by atoms with Gasteiger partial charge in [-0.1, -0.05) is 32.4 Å². The van der Waals surface area contributed by atoms with Gasteiger partial charge in [0.05, 0.1) is 5.60 Å². The van der Waals surface area contributed by atoms with Gasteiger partial charge in [-0.3, -0.25) is 9.59 Å². The van der Waals surface area contributed by atoms with Crippen molar-refractivity contribution in [2.75, 3.05) is 6.54 Å². The summed E-state index contributed by atoms with van der Waals surface area (Å²) in [6.07, 6.45) is 3.67. The maximum absolute atomic E-state index is 13.0. The minimum absolute atomic E-state index is 0.0177. The van der Waals surface area contributed by atoms with Crippen LogP contribution in [0.15, 0.2) is 18.2 Å². The fourth-order valence-electron chi connectivity index (χ4n) is 5.26. The number of rotatable bonds is 3. The summed E-state index contributed by atoms with van der Waals surface area (Å²) in [5.74, 6) is 0.351. The van der Waals surface area contributed by atoms with Crippen LogP contribution in [0.2, 0.25) is 0 Å². The molecule has 0 aromatic heterocycles. The van der Waals surface area contributed by atoms with Gasteiger partial charge in [-0.15, -0.1) is 0 Å². The molecule has 3 atom stereocenters. The standard InChI is InChI=1S/C22H31NO3/c1-14(24)23-13-21(4)9-6-10-22(5)17-8-7-15(20(2,3)26)11-16(17)18(25)12-19(21)22/h7-8,11,19,26H,6,9-10,12-13H2,1-5H3,(H,23,24)/t19-,21-,22+/m0/s1. The smallest absolute Gasteiger partial charge is 0.216 e. The lowest BCUT2D eigenvalue weighted by molar-refractivity contribution is -0.120. The lowest BCUT2D eigenvalue weighted by Gasteiger charge is -2.55. The van der Waals surface area contributed by atoms with Crippen LogP contribution in [0.5, 0.6) is 0 Å². The van der Waals surface area contributed by atoms with E-state index in [4.69, 9.17) is 0 Å². The van der Waals surface area contributed by atoms with Gasteiger partial charge in [-0.2, -0.15) is 0 Å². The van der Waals surface area contributed by atoms with Crippen LogP contribution in [0.4, 0.5) is 0 Å². The number of fused-ring (bicyclic) bond motifs is 3. The first-order valence-electron chi connectivity index (χ1n) is 9.62. The quantitative estimate of drug-likeness (QED) is 0.867. The van der Waals surface area contributed by atoms with Gasteiger partial charge in [0.1, 0.15) is 0 Å². The zero-order chi connectivity index (χ0) is 19.3. The Morgan fingerprint density at radius 3 is 2.62 bits per heavy atom. The lowest BCUT2D eigenvalue weighted by atomic mass is 9.49. The Morgan fingerprint density at radius 2 is 2.00 bits per heavy atom. The molecule has 1 fully saturated rings. The Morgan fingerprint density at radius 1 is 1.31 bits per heavy atom. The van der Waals surface area contributed by atoms with Gasteiger partial charge in [-0.05, 0) is 60.6 Å². The van der Waals surface area contributed by atoms with E-state index in [0.29, 0.717) is 13.0 Å². The van der Waals surface area contributed by atoms with Gasteiger partial charge in [0.25, 0.3) is 0 Å². The molecule has 142 valence electrons. The zero-order valence-corrected chi connectivity index (χ0v) is 16.6. The number of nitrogens with one attached hydrogen (secondary N) is 1. The fraction of sp³-hybridized carbons (Fsp3) is 0.636. The zero-order valence-electron chi connectivity index (χ0n) is 16.6. The van der Waals surface area contributed by atoms with Crippen LogP contribution >= 0.6 is 0 Å². The molecule has 2 aliphatic carbocycles. The molecule has 4 nitrogen and oxygen atoms in total. The summed E-state index contributed by atoms with van der Waals surface area (Å²) in [4.78, 5) is 24.5. The maximum atomic E-state index is 13.0. The molecule has 1 aromatic rings.